The molecule has 0 aromatic heterocycles. The van der Waals surface area contributed by atoms with E-state index in [1.165, 1.54) is 10.4 Å². The summed E-state index contributed by atoms with van der Waals surface area (Å²) < 4.78 is 39.8. The Morgan fingerprint density at radius 3 is 2.50 bits per heavy atom. The summed E-state index contributed by atoms with van der Waals surface area (Å²) in [6.07, 6.45) is 0.332. The molecule has 24 heavy (non-hydrogen) atoms. The summed E-state index contributed by atoms with van der Waals surface area (Å²) in [7, 11) is -3.38. The van der Waals surface area contributed by atoms with E-state index in [0.29, 0.717) is 38.3 Å². The number of piperazine rings is 1. The lowest BCUT2D eigenvalue weighted by Gasteiger charge is -2.35. The molecule has 2 rings (SSSR count). The van der Waals surface area contributed by atoms with Gasteiger partial charge >= 0.3 is 0 Å². The van der Waals surface area contributed by atoms with Crippen LogP contribution in [0, 0.1) is 5.82 Å². The molecule has 0 unspecified atom stereocenters. The normalized spacial score (nSPS) is 16.2. The SMILES string of the molecule is O=C(CCl)NCCCS(=O)(=O)N1CCN(c2ccccc2F)CC1. The standard InChI is InChI=1S/C15H21ClFN3O3S/c16-12-15(21)18-6-3-11-24(22,23)20-9-7-19(8-10-20)14-5-2-1-4-13(14)17/h1-2,4-5H,3,6-12H2,(H,18,21). The van der Waals surface area contributed by atoms with Crippen LogP contribution < -0.4 is 10.2 Å². The number of rotatable bonds is 7. The van der Waals surface area contributed by atoms with Gasteiger partial charge in [0.25, 0.3) is 0 Å². The summed E-state index contributed by atoms with van der Waals surface area (Å²) in [5.41, 5.74) is 0.498. The van der Waals surface area contributed by atoms with Crippen LogP contribution in [0.4, 0.5) is 10.1 Å². The molecule has 134 valence electrons. The lowest BCUT2D eigenvalue weighted by atomic mass is 10.2. The van der Waals surface area contributed by atoms with Crippen LogP contribution in [0.15, 0.2) is 24.3 Å². The fourth-order valence-corrected chi connectivity index (χ4v) is 4.16. The maximum atomic E-state index is 13.8. The van der Waals surface area contributed by atoms with E-state index in [1.807, 2.05) is 4.90 Å². The summed E-state index contributed by atoms with van der Waals surface area (Å²) in [5, 5.41) is 2.54. The first-order chi connectivity index (χ1) is 11.4. The third-order valence-electron chi connectivity index (χ3n) is 3.85. The number of hydrogen-bond donors (Lipinski definition) is 1. The van der Waals surface area contributed by atoms with Gasteiger partial charge in [-0.25, -0.2) is 12.8 Å². The largest absolute Gasteiger partial charge is 0.367 e. The molecule has 9 heteroatoms. The van der Waals surface area contributed by atoms with Gasteiger partial charge in [-0.3, -0.25) is 4.79 Å². The highest BCUT2D eigenvalue weighted by Crippen LogP contribution is 2.21. The maximum absolute atomic E-state index is 13.8. The predicted molar refractivity (Wildman–Crippen MR) is 92.3 cm³/mol. The number of sulfonamides is 1. The molecule has 0 bridgehead atoms. The Labute approximate surface area is 146 Å². The molecule has 1 aromatic carbocycles. The average Bonchev–Trinajstić information content (AvgIpc) is 2.59. The van der Waals surface area contributed by atoms with Gasteiger partial charge in [0.2, 0.25) is 15.9 Å². The van der Waals surface area contributed by atoms with Crippen LogP contribution in [0.2, 0.25) is 0 Å². The monoisotopic (exact) mass is 377 g/mol. The lowest BCUT2D eigenvalue weighted by molar-refractivity contribution is -0.118. The zero-order valence-electron chi connectivity index (χ0n) is 13.2. The molecular weight excluding hydrogens is 357 g/mol. The van der Waals surface area contributed by atoms with Crippen LogP contribution in [0.5, 0.6) is 0 Å². The number of alkyl halides is 1. The van der Waals surface area contributed by atoms with E-state index >= 15 is 0 Å². The zero-order chi connectivity index (χ0) is 17.6. The molecule has 0 radical (unpaired) electrons. The molecule has 1 heterocycles. The summed E-state index contributed by atoms with van der Waals surface area (Å²) in [6, 6.07) is 6.48. The minimum Gasteiger partial charge on any atom is -0.367 e. The van der Waals surface area contributed by atoms with E-state index in [9.17, 15) is 17.6 Å². The molecule has 0 spiro atoms. The first-order valence-corrected chi connectivity index (χ1v) is 9.88. The van der Waals surface area contributed by atoms with Gasteiger partial charge in [0.1, 0.15) is 11.7 Å². The van der Waals surface area contributed by atoms with Gasteiger partial charge < -0.3 is 10.2 Å². The van der Waals surface area contributed by atoms with Gasteiger partial charge in [0.05, 0.1) is 11.4 Å². The summed E-state index contributed by atoms with van der Waals surface area (Å²) in [4.78, 5) is 12.8. The van der Waals surface area contributed by atoms with Crippen molar-refractivity contribution in [2.75, 3.05) is 49.3 Å². The van der Waals surface area contributed by atoms with Crippen LogP contribution in [0.1, 0.15) is 6.42 Å². The molecule has 1 fully saturated rings. The van der Waals surface area contributed by atoms with Crippen LogP contribution in [-0.4, -0.2) is 63.0 Å². The Balaban J connectivity index is 1.82. The Morgan fingerprint density at radius 2 is 1.88 bits per heavy atom. The third-order valence-corrected chi connectivity index (χ3v) is 6.05. The molecule has 1 aliphatic heterocycles. The molecule has 0 aliphatic carbocycles. The second-order valence-electron chi connectivity index (χ2n) is 5.49. The van der Waals surface area contributed by atoms with Crippen molar-refractivity contribution in [1.29, 1.82) is 0 Å². The van der Waals surface area contributed by atoms with E-state index in [4.69, 9.17) is 11.6 Å². The third kappa shape index (κ3) is 5.06. The second-order valence-corrected chi connectivity index (χ2v) is 7.85. The van der Waals surface area contributed by atoms with Gasteiger partial charge in [0.15, 0.2) is 0 Å². The topological polar surface area (TPSA) is 69.7 Å². The second kappa shape index (κ2) is 8.64. The molecular formula is C15H21ClFN3O3S. The Kier molecular flexibility index (Phi) is 6.82. The molecule has 1 aromatic rings. The fourth-order valence-electron chi connectivity index (χ4n) is 2.57. The molecule has 1 saturated heterocycles. The highest BCUT2D eigenvalue weighted by atomic mass is 35.5. The van der Waals surface area contributed by atoms with Crippen LogP contribution >= 0.6 is 11.6 Å². The van der Waals surface area contributed by atoms with E-state index < -0.39 is 10.0 Å². The molecule has 1 N–H and O–H groups in total. The molecule has 0 saturated carbocycles. The Hall–Kier alpha value is -1.38. The number of hydrogen-bond acceptors (Lipinski definition) is 4. The van der Waals surface area contributed by atoms with Crippen molar-refractivity contribution >= 4 is 33.2 Å². The zero-order valence-corrected chi connectivity index (χ0v) is 14.8. The number of nitrogens with zero attached hydrogens (tertiary/aromatic N) is 2. The van der Waals surface area contributed by atoms with Crippen molar-refractivity contribution in [3.8, 4) is 0 Å². The van der Waals surface area contributed by atoms with E-state index in [0.717, 1.165) is 0 Å². The van der Waals surface area contributed by atoms with Gasteiger partial charge in [-0.05, 0) is 18.6 Å². The first kappa shape index (κ1) is 19.0. The van der Waals surface area contributed by atoms with Gasteiger partial charge in [-0.15, -0.1) is 11.6 Å². The van der Waals surface area contributed by atoms with Crippen LogP contribution in [0.25, 0.3) is 0 Å². The highest BCUT2D eigenvalue weighted by Gasteiger charge is 2.27. The van der Waals surface area contributed by atoms with Gasteiger partial charge in [-0.2, -0.15) is 4.31 Å². The first-order valence-electron chi connectivity index (χ1n) is 7.74. The number of anilines is 1. The Morgan fingerprint density at radius 1 is 1.21 bits per heavy atom. The number of para-hydroxylation sites is 1. The smallest absolute Gasteiger partial charge is 0.234 e. The van der Waals surface area contributed by atoms with Gasteiger partial charge in [0, 0.05) is 32.7 Å². The Bertz CT molecular complexity index is 664. The lowest BCUT2D eigenvalue weighted by Crippen LogP contribution is -2.49. The minimum atomic E-state index is -3.38. The minimum absolute atomic E-state index is 0.0325. The number of carbonyl (C=O) groups is 1. The quantitative estimate of drug-likeness (QED) is 0.569. The van der Waals surface area contributed by atoms with Crippen molar-refractivity contribution in [3.05, 3.63) is 30.1 Å². The van der Waals surface area contributed by atoms with E-state index in [1.54, 1.807) is 18.2 Å². The maximum Gasteiger partial charge on any atom is 0.234 e. The number of nitrogens with one attached hydrogen (secondary N) is 1. The van der Waals surface area contributed by atoms with Crippen LogP contribution in [-0.2, 0) is 14.8 Å². The predicted octanol–water partition coefficient (Wildman–Crippen LogP) is 1.02. The number of amides is 1. The van der Waals surface area contributed by atoms with Crippen molar-refractivity contribution in [2.24, 2.45) is 0 Å². The molecule has 1 amide bonds. The van der Waals surface area contributed by atoms with E-state index in [-0.39, 0.29) is 29.9 Å². The summed E-state index contributed by atoms with van der Waals surface area (Å²) in [6.45, 7) is 1.82. The molecule has 0 atom stereocenters. The van der Waals surface area contributed by atoms with Crippen molar-refractivity contribution in [2.45, 2.75) is 6.42 Å². The number of benzene rings is 1. The fraction of sp³-hybridized carbons (Fsp3) is 0.533. The number of halogens is 2. The number of carbonyl (C=O) groups excluding carboxylic acids is 1. The molecule has 1 aliphatic rings. The molecule has 6 nitrogen and oxygen atoms in total. The van der Waals surface area contributed by atoms with Crippen molar-refractivity contribution in [3.63, 3.8) is 0 Å². The average molecular weight is 378 g/mol. The van der Waals surface area contributed by atoms with E-state index in [2.05, 4.69) is 5.32 Å². The van der Waals surface area contributed by atoms with Crippen molar-refractivity contribution < 1.29 is 17.6 Å². The van der Waals surface area contributed by atoms with Crippen LogP contribution in [0.3, 0.4) is 0 Å². The summed E-state index contributed by atoms with van der Waals surface area (Å²) in [5.74, 6) is -0.781. The van der Waals surface area contributed by atoms with Gasteiger partial charge in [-0.1, -0.05) is 12.1 Å². The van der Waals surface area contributed by atoms with Crippen molar-refractivity contribution in [1.82, 2.24) is 9.62 Å². The summed E-state index contributed by atoms with van der Waals surface area (Å²) >= 11 is 5.35. The highest BCUT2D eigenvalue weighted by molar-refractivity contribution is 7.89.